The van der Waals surface area contributed by atoms with Crippen LogP contribution in [-0.2, 0) is 0 Å². The minimum atomic E-state index is -0.491. The molecule has 0 spiro atoms. The summed E-state index contributed by atoms with van der Waals surface area (Å²) in [4.78, 5) is 26.4. The molecule has 0 aliphatic rings. The second-order valence-corrected chi connectivity index (χ2v) is 3.78. The monoisotopic (exact) mass is 242 g/mol. The highest BCUT2D eigenvalue weighted by molar-refractivity contribution is 6.10. The van der Waals surface area contributed by atoms with E-state index in [-0.39, 0.29) is 11.5 Å². The van der Waals surface area contributed by atoms with Crippen LogP contribution in [0.2, 0.25) is 0 Å². The highest BCUT2D eigenvalue weighted by Gasteiger charge is 2.18. The number of benzene rings is 1. The predicted octanol–water partition coefficient (Wildman–Crippen LogP) is 2.53. The molecule has 0 atom stereocenters. The second-order valence-electron chi connectivity index (χ2n) is 3.78. The van der Waals surface area contributed by atoms with Crippen molar-refractivity contribution in [3.63, 3.8) is 0 Å². The fourth-order valence-electron chi connectivity index (χ4n) is 1.72. The van der Waals surface area contributed by atoms with Crippen molar-refractivity contribution in [2.45, 2.75) is 6.92 Å². The number of rotatable bonds is 3. The van der Waals surface area contributed by atoms with Gasteiger partial charge in [0.15, 0.2) is 5.78 Å². The van der Waals surface area contributed by atoms with Crippen LogP contribution in [0.4, 0.5) is 5.69 Å². The van der Waals surface area contributed by atoms with Crippen molar-refractivity contribution in [3.8, 4) is 0 Å². The molecule has 5 heteroatoms. The highest BCUT2D eigenvalue weighted by Crippen LogP contribution is 2.23. The van der Waals surface area contributed by atoms with Gasteiger partial charge in [-0.25, -0.2) is 0 Å². The maximum absolute atomic E-state index is 12.2. The summed E-state index contributed by atoms with van der Waals surface area (Å²) in [7, 11) is 0. The van der Waals surface area contributed by atoms with E-state index < -0.39 is 4.92 Å². The lowest BCUT2D eigenvalue weighted by atomic mass is 9.99. The zero-order chi connectivity index (χ0) is 13.1. The van der Waals surface area contributed by atoms with Crippen molar-refractivity contribution >= 4 is 11.5 Å². The maximum atomic E-state index is 12.2. The predicted molar refractivity (Wildman–Crippen MR) is 65.5 cm³/mol. The molecule has 18 heavy (non-hydrogen) atoms. The Kier molecular flexibility index (Phi) is 3.14. The standard InChI is InChI=1S/C13H10N2O3/c1-9-11(5-2-6-12(9)15(17)18)13(16)10-4-3-7-14-8-10/h2-8H,1H3. The number of nitrogens with zero attached hydrogens (tertiary/aromatic N) is 2. The van der Waals surface area contributed by atoms with E-state index in [1.165, 1.54) is 18.3 Å². The molecule has 90 valence electrons. The third-order valence-electron chi connectivity index (χ3n) is 2.67. The van der Waals surface area contributed by atoms with Crippen LogP contribution in [-0.4, -0.2) is 15.7 Å². The van der Waals surface area contributed by atoms with E-state index in [9.17, 15) is 14.9 Å². The number of pyridine rings is 1. The molecular weight excluding hydrogens is 232 g/mol. The topological polar surface area (TPSA) is 73.1 Å². The quantitative estimate of drug-likeness (QED) is 0.471. The molecule has 2 aromatic rings. The Morgan fingerprint density at radius 2 is 2.06 bits per heavy atom. The molecule has 1 heterocycles. The number of carbonyl (C=O) groups excluding carboxylic acids is 1. The lowest BCUT2D eigenvalue weighted by Crippen LogP contribution is -2.05. The molecule has 0 aliphatic carbocycles. The number of nitro groups is 1. The van der Waals surface area contributed by atoms with Gasteiger partial charge in [-0.05, 0) is 19.1 Å². The number of ketones is 1. The smallest absolute Gasteiger partial charge is 0.273 e. The van der Waals surface area contributed by atoms with Crippen LogP contribution < -0.4 is 0 Å². The average Bonchev–Trinajstić information content (AvgIpc) is 2.39. The molecule has 0 bridgehead atoms. The molecule has 0 fully saturated rings. The summed E-state index contributed by atoms with van der Waals surface area (Å²) in [5.41, 5.74) is 1.07. The third kappa shape index (κ3) is 2.10. The minimum Gasteiger partial charge on any atom is -0.289 e. The highest BCUT2D eigenvalue weighted by atomic mass is 16.6. The van der Waals surface area contributed by atoms with E-state index in [1.54, 1.807) is 31.3 Å². The first-order valence-electron chi connectivity index (χ1n) is 5.30. The van der Waals surface area contributed by atoms with E-state index in [2.05, 4.69) is 4.98 Å². The van der Waals surface area contributed by atoms with Gasteiger partial charge in [0.25, 0.3) is 5.69 Å². The van der Waals surface area contributed by atoms with Gasteiger partial charge in [-0.3, -0.25) is 19.9 Å². The fraction of sp³-hybridized carbons (Fsp3) is 0.0769. The largest absolute Gasteiger partial charge is 0.289 e. The van der Waals surface area contributed by atoms with Crippen LogP contribution in [0.1, 0.15) is 21.5 Å². The maximum Gasteiger partial charge on any atom is 0.273 e. The molecule has 0 amide bonds. The van der Waals surface area contributed by atoms with Crippen LogP contribution in [0.25, 0.3) is 0 Å². The molecule has 0 saturated heterocycles. The summed E-state index contributed by atoms with van der Waals surface area (Å²) in [5, 5.41) is 10.8. The molecule has 0 radical (unpaired) electrons. The molecule has 1 aromatic heterocycles. The Balaban J connectivity index is 2.50. The Bertz CT molecular complexity index is 609. The third-order valence-corrected chi connectivity index (χ3v) is 2.67. The normalized spacial score (nSPS) is 10.1. The molecule has 5 nitrogen and oxygen atoms in total. The van der Waals surface area contributed by atoms with E-state index in [0.717, 1.165) is 0 Å². The number of hydrogen-bond acceptors (Lipinski definition) is 4. The van der Waals surface area contributed by atoms with Crippen molar-refractivity contribution in [2.24, 2.45) is 0 Å². The van der Waals surface area contributed by atoms with Crippen molar-refractivity contribution in [1.29, 1.82) is 0 Å². The van der Waals surface area contributed by atoms with Gasteiger partial charge >= 0.3 is 0 Å². The summed E-state index contributed by atoms with van der Waals surface area (Å²) < 4.78 is 0. The van der Waals surface area contributed by atoms with Crippen LogP contribution in [0.15, 0.2) is 42.7 Å². The van der Waals surface area contributed by atoms with Crippen molar-refractivity contribution in [1.82, 2.24) is 4.98 Å². The second kappa shape index (κ2) is 4.75. The van der Waals surface area contributed by atoms with Gasteiger partial charge in [-0.2, -0.15) is 0 Å². The number of nitro benzene ring substituents is 1. The number of carbonyl (C=O) groups is 1. The molecule has 2 rings (SSSR count). The number of aromatic nitrogens is 1. The summed E-state index contributed by atoms with van der Waals surface area (Å²) in [6.07, 6.45) is 3.01. The lowest BCUT2D eigenvalue weighted by Gasteiger charge is -2.05. The average molecular weight is 242 g/mol. The molecule has 0 unspecified atom stereocenters. The summed E-state index contributed by atoms with van der Waals surface area (Å²) in [6.45, 7) is 1.57. The molecule has 0 N–H and O–H groups in total. The fourth-order valence-corrected chi connectivity index (χ4v) is 1.72. The molecule has 0 aliphatic heterocycles. The van der Waals surface area contributed by atoms with Crippen LogP contribution in [0.3, 0.4) is 0 Å². The molecular formula is C13H10N2O3. The van der Waals surface area contributed by atoms with Gasteiger partial charge in [0, 0.05) is 35.2 Å². The van der Waals surface area contributed by atoms with Gasteiger partial charge in [-0.15, -0.1) is 0 Å². The van der Waals surface area contributed by atoms with E-state index >= 15 is 0 Å². The Labute approximate surface area is 103 Å². The first-order valence-corrected chi connectivity index (χ1v) is 5.30. The Morgan fingerprint density at radius 1 is 1.28 bits per heavy atom. The van der Waals surface area contributed by atoms with E-state index in [1.807, 2.05) is 0 Å². The summed E-state index contributed by atoms with van der Waals surface area (Å²) in [6, 6.07) is 7.76. The minimum absolute atomic E-state index is 0.0512. The lowest BCUT2D eigenvalue weighted by molar-refractivity contribution is -0.385. The van der Waals surface area contributed by atoms with Gasteiger partial charge in [0.1, 0.15) is 0 Å². The van der Waals surface area contributed by atoms with E-state index in [0.29, 0.717) is 16.7 Å². The molecule has 0 saturated carbocycles. The molecule has 1 aromatic carbocycles. The van der Waals surface area contributed by atoms with Gasteiger partial charge < -0.3 is 0 Å². The van der Waals surface area contributed by atoms with Crippen molar-refractivity contribution < 1.29 is 9.72 Å². The SMILES string of the molecule is Cc1c(C(=O)c2cccnc2)cccc1[N+](=O)[O-]. The Hall–Kier alpha value is -2.56. The van der Waals surface area contributed by atoms with Crippen molar-refractivity contribution in [2.75, 3.05) is 0 Å². The zero-order valence-corrected chi connectivity index (χ0v) is 9.66. The van der Waals surface area contributed by atoms with Gasteiger partial charge in [0.2, 0.25) is 0 Å². The Morgan fingerprint density at radius 3 is 2.67 bits per heavy atom. The zero-order valence-electron chi connectivity index (χ0n) is 9.66. The summed E-state index contributed by atoms with van der Waals surface area (Å²) in [5.74, 6) is -0.260. The van der Waals surface area contributed by atoms with Crippen LogP contribution in [0.5, 0.6) is 0 Å². The van der Waals surface area contributed by atoms with Gasteiger partial charge in [0.05, 0.1) is 4.92 Å². The summed E-state index contributed by atoms with van der Waals surface area (Å²) >= 11 is 0. The van der Waals surface area contributed by atoms with Crippen molar-refractivity contribution in [3.05, 3.63) is 69.5 Å². The van der Waals surface area contributed by atoms with Gasteiger partial charge in [-0.1, -0.05) is 12.1 Å². The van der Waals surface area contributed by atoms with Crippen LogP contribution >= 0.6 is 0 Å². The van der Waals surface area contributed by atoms with Crippen LogP contribution in [0, 0.1) is 17.0 Å². The first-order chi connectivity index (χ1) is 8.61. The first kappa shape index (κ1) is 11.9. The van der Waals surface area contributed by atoms with E-state index in [4.69, 9.17) is 0 Å². The number of hydrogen-bond donors (Lipinski definition) is 0.